The minimum atomic E-state index is -0.229. The second-order valence-corrected chi connectivity index (χ2v) is 4.69. The summed E-state index contributed by atoms with van der Waals surface area (Å²) in [5.41, 5.74) is 2.39. The Balaban J connectivity index is 2.20. The molecule has 0 radical (unpaired) electrons. The first-order valence-electron chi connectivity index (χ1n) is 6.75. The van der Waals surface area contributed by atoms with Gasteiger partial charge in [-0.1, -0.05) is 17.7 Å². The lowest BCUT2D eigenvalue weighted by Crippen LogP contribution is -2.03. The molecule has 1 unspecified atom stereocenters. The topological polar surface area (TPSA) is 35.5 Å². The van der Waals surface area contributed by atoms with Gasteiger partial charge in [-0.15, -0.1) is 0 Å². The van der Waals surface area contributed by atoms with Crippen LogP contribution in [0.15, 0.2) is 35.9 Å². The van der Waals surface area contributed by atoms with Crippen molar-refractivity contribution in [2.24, 2.45) is 0 Å². The number of benzene rings is 1. The number of allylic oxidation sites excluding steroid dienone is 1. The van der Waals surface area contributed by atoms with Crippen LogP contribution in [0.4, 0.5) is 0 Å². The predicted molar refractivity (Wildman–Crippen MR) is 74.3 cm³/mol. The fourth-order valence-corrected chi connectivity index (χ4v) is 2.62. The third-order valence-corrected chi connectivity index (χ3v) is 3.49. The van der Waals surface area contributed by atoms with Crippen molar-refractivity contribution in [3.05, 3.63) is 41.5 Å². The lowest BCUT2D eigenvalue weighted by atomic mass is 9.93. The maximum atomic E-state index is 11.6. The molecule has 0 saturated heterocycles. The van der Waals surface area contributed by atoms with E-state index >= 15 is 0 Å². The van der Waals surface area contributed by atoms with Crippen molar-refractivity contribution in [3.63, 3.8) is 0 Å². The van der Waals surface area contributed by atoms with E-state index in [1.165, 1.54) is 11.1 Å². The molecule has 1 aromatic carbocycles. The molecule has 1 saturated carbocycles. The summed E-state index contributed by atoms with van der Waals surface area (Å²) < 4.78 is 10.3. The number of esters is 1. The van der Waals surface area contributed by atoms with Crippen LogP contribution in [0.3, 0.4) is 0 Å². The number of methoxy groups -OCH3 is 1. The lowest BCUT2D eigenvalue weighted by Gasteiger charge is -2.13. The molecule has 0 aromatic heterocycles. The zero-order chi connectivity index (χ0) is 13.7. The Bertz CT molecular complexity index is 477. The van der Waals surface area contributed by atoms with E-state index in [9.17, 15) is 4.79 Å². The smallest absolute Gasteiger partial charge is 0.330 e. The van der Waals surface area contributed by atoms with Crippen LogP contribution in [-0.4, -0.2) is 19.7 Å². The Morgan fingerprint density at radius 3 is 3.05 bits per heavy atom. The van der Waals surface area contributed by atoms with E-state index in [1.54, 1.807) is 13.2 Å². The Morgan fingerprint density at radius 1 is 1.47 bits per heavy atom. The minimum Gasteiger partial charge on any atom is -0.497 e. The quantitative estimate of drug-likeness (QED) is 0.614. The molecular weight excluding hydrogens is 240 g/mol. The SMILES string of the molecule is CCOC(=O)C=C1CCCC1c1cccc(OC)c1. The van der Waals surface area contributed by atoms with Crippen LogP contribution in [0.25, 0.3) is 0 Å². The van der Waals surface area contributed by atoms with Crippen molar-refractivity contribution in [3.8, 4) is 5.75 Å². The highest BCUT2D eigenvalue weighted by Gasteiger charge is 2.23. The fourth-order valence-electron chi connectivity index (χ4n) is 2.62. The number of hydrogen-bond acceptors (Lipinski definition) is 3. The molecule has 102 valence electrons. The van der Waals surface area contributed by atoms with Crippen molar-refractivity contribution < 1.29 is 14.3 Å². The molecule has 0 N–H and O–H groups in total. The molecule has 1 aliphatic carbocycles. The van der Waals surface area contributed by atoms with Gasteiger partial charge in [-0.3, -0.25) is 0 Å². The molecule has 1 atom stereocenters. The highest BCUT2D eigenvalue weighted by atomic mass is 16.5. The molecule has 2 rings (SSSR count). The van der Waals surface area contributed by atoms with Gasteiger partial charge in [-0.25, -0.2) is 4.79 Å². The fraction of sp³-hybridized carbons (Fsp3) is 0.438. The number of ether oxygens (including phenoxy) is 2. The monoisotopic (exact) mass is 260 g/mol. The first-order chi connectivity index (χ1) is 9.24. The van der Waals surface area contributed by atoms with Crippen molar-refractivity contribution in [1.82, 2.24) is 0 Å². The average Bonchev–Trinajstić information content (AvgIpc) is 2.87. The van der Waals surface area contributed by atoms with E-state index < -0.39 is 0 Å². The minimum absolute atomic E-state index is 0.229. The zero-order valence-corrected chi connectivity index (χ0v) is 11.5. The van der Waals surface area contributed by atoms with E-state index in [0.29, 0.717) is 12.5 Å². The molecule has 0 spiro atoms. The van der Waals surface area contributed by atoms with Crippen molar-refractivity contribution in [2.75, 3.05) is 13.7 Å². The first kappa shape index (κ1) is 13.7. The summed E-state index contributed by atoms with van der Waals surface area (Å²) in [6.45, 7) is 2.25. The summed E-state index contributed by atoms with van der Waals surface area (Å²) in [5, 5.41) is 0. The highest BCUT2D eigenvalue weighted by molar-refractivity contribution is 5.83. The van der Waals surface area contributed by atoms with Gasteiger partial charge in [0.15, 0.2) is 0 Å². The van der Waals surface area contributed by atoms with Crippen LogP contribution in [-0.2, 0) is 9.53 Å². The second kappa shape index (κ2) is 6.41. The van der Waals surface area contributed by atoms with Gasteiger partial charge in [0.2, 0.25) is 0 Å². The molecule has 0 bridgehead atoms. The average molecular weight is 260 g/mol. The molecule has 0 heterocycles. The summed E-state index contributed by atoms with van der Waals surface area (Å²) in [5.74, 6) is 0.951. The number of rotatable bonds is 4. The predicted octanol–water partition coefficient (Wildman–Crippen LogP) is 3.45. The largest absolute Gasteiger partial charge is 0.497 e. The molecule has 1 aliphatic rings. The van der Waals surface area contributed by atoms with E-state index in [2.05, 4.69) is 12.1 Å². The summed E-state index contributed by atoms with van der Waals surface area (Å²) >= 11 is 0. The summed E-state index contributed by atoms with van der Waals surface area (Å²) in [6.07, 6.45) is 4.84. The standard InChI is InChI=1S/C16H20O3/c1-3-19-16(17)11-13-7-5-9-15(13)12-6-4-8-14(10-12)18-2/h4,6,8,10-11,15H,3,5,7,9H2,1-2H3. The van der Waals surface area contributed by atoms with E-state index in [1.807, 2.05) is 19.1 Å². The Labute approximate surface area is 114 Å². The second-order valence-electron chi connectivity index (χ2n) is 4.69. The molecule has 1 fully saturated rings. The van der Waals surface area contributed by atoms with Crippen LogP contribution < -0.4 is 4.74 Å². The van der Waals surface area contributed by atoms with Crippen LogP contribution >= 0.6 is 0 Å². The molecule has 1 aromatic rings. The van der Waals surface area contributed by atoms with Crippen LogP contribution in [0.1, 0.15) is 37.7 Å². The van der Waals surface area contributed by atoms with E-state index in [0.717, 1.165) is 25.0 Å². The van der Waals surface area contributed by atoms with Gasteiger partial charge in [-0.05, 0) is 43.9 Å². The summed E-state index contributed by atoms with van der Waals surface area (Å²) in [7, 11) is 1.67. The maximum Gasteiger partial charge on any atom is 0.330 e. The normalized spacial score (nSPS) is 20.5. The Morgan fingerprint density at radius 2 is 2.32 bits per heavy atom. The number of carbonyl (C=O) groups excluding carboxylic acids is 1. The number of carbonyl (C=O) groups is 1. The molecular formula is C16H20O3. The third kappa shape index (κ3) is 3.37. The van der Waals surface area contributed by atoms with Gasteiger partial charge in [-0.2, -0.15) is 0 Å². The van der Waals surface area contributed by atoms with Crippen molar-refractivity contribution in [2.45, 2.75) is 32.1 Å². The molecule has 0 amide bonds. The molecule has 3 heteroatoms. The van der Waals surface area contributed by atoms with E-state index in [4.69, 9.17) is 9.47 Å². The first-order valence-corrected chi connectivity index (χ1v) is 6.75. The van der Waals surface area contributed by atoms with Crippen LogP contribution in [0.5, 0.6) is 5.75 Å². The van der Waals surface area contributed by atoms with Crippen LogP contribution in [0, 0.1) is 0 Å². The number of hydrogen-bond donors (Lipinski definition) is 0. The highest BCUT2D eigenvalue weighted by Crippen LogP contribution is 2.39. The van der Waals surface area contributed by atoms with Crippen molar-refractivity contribution >= 4 is 5.97 Å². The van der Waals surface area contributed by atoms with Gasteiger partial charge in [0.25, 0.3) is 0 Å². The zero-order valence-electron chi connectivity index (χ0n) is 11.5. The molecule has 0 aliphatic heterocycles. The van der Waals surface area contributed by atoms with E-state index in [-0.39, 0.29) is 5.97 Å². The third-order valence-electron chi connectivity index (χ3n) is 3.49. The van der Waals surface area contributed by atoms with Gasteiger partial charge < -0.3 is 9.47 Å². The Hall–Kier alpha value is -1.77. The van der Waals surface area contributed by atoms with Gasteiger partial charge >= 0.3 is 5.97 Å². The molecule has 19 heavy (non-hydrogen) atoms. The van der Waals surface area contributed by atoms with Gasteiger partial charge in [0.05, 0.1) is 13.7 Å². The van der Waals surface area contributed by atoms with Crippen molar-refractivity contribution in [1.29, 1.82) is 0 Å². The summed E-state index contributed by atoms with van der Waals surface area (Å²) in [6, 6.07) is 8.08. The summed E-state index contributed by atoms with van der Waals surface area (Å²) in [4.78, 5) is 11.6. The Kier molecular flexibility index (Phi) is 4.61. The van der Waals surface area contributed by atoms with Gasteiger partial charge in [0, 0.05) is 12.0 Å². The lowest BCUT2D eigenvalue weighted by molar-refractivity contribution is -0.137. The maximum absolute atomic E-state index is 11.6. The van der Waals surface area contributed by atoms with Crippen LogP contribution in [0.2, 0.25) is 0 Å². The van der Waals surface area contributed by atoms with Gasteiger partial charge in [0.1, 0.15) is 5.75 Å². The molecule has 3 nitrogen and oxygen atoms in total.